The molecule has 0 spiro atoms. The molecule has 188 valence electrons. The van der Waals surface area contributed by atoms with E-state index >= 15 is 0 Å². The van der Waals surface area contributed by atoms with Crippen LogP contribution in [0.4, 0.5) is 17.6 Å². The van der Waals surface area contributed by atoms with Gasteiger partial charge in [-0.05, 0) is 70.9 Å². The first-order valence-corrected chi connectivity index (χ1v) is 11.6. The molecule has 2 aromatic heterocycles. The number of aliphatic carboxylic acids is 1. The number of carboxylic acid groups (broad SMARTS) is 1. The van der Waals surface area contributed by atoms with Crippen LogP contribution in [0.1, 0.15) is 47.2 Å². The number of carbonyl (C=O) groups is 1. The Hall–Kier alpha value is -4.27. The van der Waals surface area contributed by atoms with Gasteiger partial charge in [-0.15, -0.1) is 0 Å². The summed E-state index contributed by atoms with van der Waals surface area (Å²) >= 11 is 0. The molecule has 0 saturated heterocycles. The van der Waals surface area contributed by atoms with Crippen molar-refractivity contribution in [2.24, 2.45) is 5.92 Å². The highest BCUT2D eigenvalue weighted by atomic mass is 19.4. The molecule has 5 rings (SSSR count). The van der Waals surface area contributed by atoms with Crippen molar-refractivity contribution in [2.45, 2.75) is 25.4 Å². The van der Waals surface area contributed by atoms with E-state index < -0.39 is 23.7 Å². The molecule has 5 nitrogen and oxygen atoms in total. The van der Waals surface area contributed by atoms with Gasteiger partial charge in [-0.2, -0.15) is 22.7 Å². The number of nitrogens with one attached hydrogen (secondary N) is 1. The molecule has 2 aromatic carbocycles. The normalized spacial score (nSPS) is 15.1. The average molecular weight is 507 g/mol. The van der Waals surface area contributed by atoms with Crippen LogP contribution in [0.25, 0.3) is 28.1 Å². The van der Waals surface area contributed by atoms with Crippen LogP contribution >= 0.6 is 0 Å². The predicted molar refractivity (Wildman–Crippen MR) is 132 cm³/mol. The number of aromatic amines is 1. The van der Waals surface area contributed by atoms with Gasteiger partial charge in [0.2, 0.25) is 5.95 Å². The van der Waals surface area contributed by atoms with Gasteiger partial charge in [0, 0.05) is 12.3 Å². The van der Waals surface area contributed by atoms with Crippen LogP contribution in [-0.4, -0.2) is 26.3 Å². The second kappa shape index (κ2) is 9.65. The van der Waals surface area contributed by atoms with E-state index in [9.17, 15) is 22.4 Å². The average Bonchev–Trinajstić information content (AvgIpc) is 3.23. The molecule has 0 unspecified atom stereocenters. The number of alkyl halides is 3. The second-order valence-electron chi connectivity index (χ2n) is 8.84. The number of allylic oxidation sites excluding steroid dienone is 1. The largest absolute Gasteiger partial charge is 0.478 e. The summed E-state index contributed by atoms with van der Waals surface area (Å²) in [5.74, 6) is -1.99. The van der Waals surface area contributed by atoms with Crippen molar-refractivity contribution in [1.82, 2.24) is 15.2 Å². The van der Waals surface area contributed by atoms with Crippen molar-refractivity contribution < 1.29 is 27.5 Å². The Morgan fingerprint density at radius 1 is 1.05 bits per heavy atom. The number of nitrogens with zero attached hydrogens (tertiary/aromatic N) is 2. The van der Waals surface area contributed by atoms with Gasteiger partial charge in [0.1, 0.15) is 0 Å². The summed E-state index contributed by atoms with van der Waals surface area (Å²) in [4.78, 5) is 15.1. The molecule has 2 N–H and O–H groups in total. The molecule has 1 fully saturated rings. The number of hydrogen-bond donors (Lipinski definition) is 2. The van der Waals surface area contributed by atoms with Crippen molar-refractivity contribution in [3.63, 3.8) is 0 Å². The highest BCUT2D eigenvalue weighted by Gasteiger charge is 2.38. The van der Waals surface area contributed by atoms with Crippen molar-refractivity contribution in [3.05, 3.63) is 101 Å². The Labute approximate surface area is 209 Å². The van der Waals surface area contributed by atoms with Gasteiger partial charge in [0.05, 0.1) is 22.2 Å². The van der Waals surface area contributed by atoms with E-state index in [4.69, 9.17) is 5.11 Å². The van der Waals surface area contributed by atoms with Crippen LogP contribution in [0.5, 0.6) is 0 Å². The van der Waals surface area contributed by atoms with Crippen LogP contribution in [0, 0.1) is 11.9 Å². The third-order valence-electron chi connectivity index (χ3n) is 6.57. The van der Waals surface area contributed by atoms with E-state index in [0.717, 1.165) is 18.6 Å². The maximum Gasteiger partial charge on any atom is 0.418 e. The third-order valence-corrected chi connectivity index (χ3v) is 6.57. The molecule has 0 atom stereocenters. The number of hydrogen-bond acceptors (Lipinski definition) is 3. The summed E-state index contributed by atoms with van der Waals surface area (Å²) in [6.45, 7) is 0. The Morgan fingerprint density at radius 2 is 1.81 bits per heavy atom. The van der Waals surface area contributed by atoms with Crippen LogP contribution in [0.2, 0.25) is 0 Å². The van der Waals surface area contributed by atoms with Crippen LogP contribution in [0.15, 0.2) is 66.9 Å². The second-order valence-corrected chi connectivity index (χ2v) is 8.84. The zero-order valence-electron chi connectivity index (χ0n) is 19.4. The molecule has 4 aromatic rings. The molecular weight excluding hydrogens is 486 g/mol. The lowest BCUT2D eigenvalue weighted by Gasteiger charge is -2.32. The van der Waals surface area contributed by atoms with E-state index in [0.29, 0.717) is 46.2 Å². The van der Waals surface area contributed by atoms with Gasteiger partial charge in [-0.3, -0.25) is 10.1 Å². The summed E-state index contributed by atoms with van der Waals surface area (Å²) < 4.78 is 57.4. The fourth-order valence-corrected chi connectivity index (χ4v) is 4.68. The van der Waals surface area contributed by atoms with E-state index in [1.807, 2.05) is 0 Å². The van der Waals surface area contributed by atoms with Crippen molar-refractivity contribution in [1.29, 1.82) is 0 Å². The highest BCUT2D eigenvalue weighted by molar-refractivity contribution is 6.06. The first-order chi connectivity index (χ1) is 17.7. The minimum Gasteiger partial charge on any atom is -0.478 e. The Kier molecular flexibility index (Phi) is 6.37. The zero-order chi connectivity index (χ0) is 26.2. The lowest BCUT2D eigenvalue weighted by molar-refractivity contribution is -0.138. The molecule has 1 saturated carbocycles. The third kappa shape index (κ3) is 4.76. The quantitative estimate of drug-likeness (QED) is 0.218. The standard InChI is InChI=1S/C28H21F4N3O2/c29-27-25-19(6-2-8-21(25)34-35-27)23(18-12-9-16(10-13-18)11-14-22(36)37)24(17-4-1-5-17)26-20(28(30,31)32)7-3-15-33-26/h2-3,6-15,17H,1,4-5H2,(H,34,35)(H,36,37)/b14-11+,24-23+. The molecule has 1 aliphatic carbocycles. The van der Waals surface area contributed by atoms with Crippen molar-refractivity contribution in [3.8, 4) is 0 Å². The summed E-state index contributed by atoms with van der Waals surface area (Å²) in [6, 6.07) is 14.0. The molecular formula is C28H21F4N3O2. The van der Waals surface area contributed by atoms with E-state index in [1.54, 1.807) is 42.5 Å². The minimum atomic E-state index is -4.64. The van der Waals surface area contributed by atoms with Crippen LogP contribution in [-0.2, 0) is 11.0 Å². The molecule has 0 bridgehead atoms. The van der Waals surface area contributed by atoms with Gasteiger partial charge < -0.3 is 5.11 Å². The van der Waals surface area contributed by atoms with Gasteiger partial charge in [-0.25, -0.2) is 4.79 Å². The lowest BCUT2D eigenvalue weighted by Crippen LogP contribution is -2.19. The number of aromatic nitrogens is 3. The van der Waals surface area contributed by atoms with Crippen LogP contribution in [0.3, 0.4) is 0 Å². The number of halogens is 4. The molecule has 0 aliphatic heterocycles. The van der Waals surface area contributed by atoms with E-state index in [1.165, 1.54) is 18.3 Å². The smallest absolute Gasteiger partial charge is 0.418 e. The fourth-order valence-electron chi connectivity index (χ4n) is 4.68. The molecule has 2 heterocycles. The van der Waals surface area contributed by atoms with Gasteiger partial charge in [0.25, 0.3) is 0 Å². The lowest BCUT2D eigenvalue weighted by atomic mass is 9.73. The van der Waals surface area contributed by atoms with E-state index in [-0.39, 0.29) is 17.0 Å². The van der Waals surface area contributed by atoms with Gasteiger partial charge in [0.15, 0.2) is 0 Å². The first-order valence-electron chi connectivity index (χ1n) is 11.6. The maximum absolute atomic E-state index is 15.0. The molecule has 37 heavy (non-hydrogen) atoms. The number of pyridine rings is 1. The van der Waals surface area contributed by atoms with E-state index in [2.05, 4.69) is 15.2 Å². The summed E-state index contributed by atoms with van der Waals surface area (Å²) in [5.41, 5.74) is 1.71. The van der Waals surface area contributed by atoms with Gasteiger partial charge in [-0.1, -0.05) is 42.8 Å². The molecule has 1 aliphatic rings. The zero-order valence-corrected chi connectivity index (χ0v) is 19.4. The molecule has 0 amide bonds. The Bertz CT molecular complexity index is 1530. The highest BCUT2D eigenvalue weighted by Crippen LogP contribution is 2.48. The monoisotopic (exact) mass is 507 g/mol. The molecule has 9 heteroatoms. The number of carboxylic acids is 1. The first kappa shape index (κ1) is 24.4. The SMILES string of the molecule is O=C(O)/C=C/c1ccc(/C(=C(\c2ncccc2C(F)(F)F)C2CCC2)c2cccc3n[nH]c(F)c23)cc1. The van der Waals surface area contributed by atoms with Crippen LogP contribution < -0.4 is 0 Å². The summed E-state index contributed by atoms with van der Waals surface area (Å²) in [7, 11) is 0. The maximum atomic E-state index is 15.0. The fraction of sp³-hybridized carbons (Fsp3) is 0.179. The number of benzene rings is 2. The molecule has 0 radical (unpaired) electrons. The van der Waals surface area contributed by atoms with Gasteiger partial charge >= 0.3 is 12.1 Å². The topological polar surface area (TPSA) is 78.9 Å². The Morgan fingerprint density at radius 3 is 2.46 bits per heavy atom. The van der Waals surface area contributed by atoms with Crippen molar-refractivity contribution >= 4 is 34.1 Å². The summed E-state index contributed by atoms with van der Waals surface area (Å²) in [5, 5.41) is 15.4. The Balaban J connectivity index is 1.85. The summed E-state index contributed by atoms with van der Waals surface area (Å²) in [6.07, 6.45) is 1.32. The van der Waals surface area contributed by atoms with Crippen molar-refractivity contribution in [2.75, 3.05) is 0 Å². The number of rotatable bonds is 6. The number of fused-ring (bicyclic) bond motifs is 1. The minimum absolute atomic E-state index is 0.175. The number of H-pyrrole nitrogens is 1. The predicted octanol–water partition coefficient (Wildman–Crippen LogP) is 6.97.